The summed E-state index contributed by atoms with van der Waals surface area (Å²) in [7, 11) is 0. The first-order chi connectivity index (χ1) is 16.3. The molecule has 1 aliphatic carbocycles. The Morgan fingerprint density at radius 1 is 1.26 bits per heavy atom. The molecule has 7 nitrogen and oxygen atoms in total. The van der Waals surface area contributed by atoms with E-state index in [1.54, 1.807) is 6.08 Å². The largest absolute Gasteiger partial charge is 0.371 e. The third-order valence-corrected chi connectivity index (χ3v) is 7.00. The molecule has 1 unspecified atom stereocenters. The van der Waals surface area contributed by atoms with E-state index in [0.29, 0.717) is 32.6 Å². The third kappa shape index (κ3) is 6.07. The fraction of sp³-hybridized carbons (Fsp3) is 0.667. The highest BCUT2D eigenvalue weighted by Crippen LogP contribution is 2.44. The summed E-state index contributed by atoms with van der Waals surface area (Å²) in [5.41, 5.74) is 1.14. The van der Waals surface area contributed by atoms with Crippen LogP contribution in [0.5, 0.6) is 0 Å². The molecule has 3 fully saturated rings. The van der Waals surface area contributed by atoms with Crippen LogP contribution in [0.2, 0.25) is 0 Å². The average Bonchev–Trinajstić information content (AvgIpc) is 3.42. The van der Waals surface area contributed by atoms with Crippen LogP contribution in [0, 0.1) is 6.92 Å². The number of likely N-dealkylation sites (tertiary alicyclic amines) is 1. The van der Waals surface area contributed by atoms with Crippen molar-refractivity contribution in [3.63, 3.8) is 0 Å². The van der Waals surface area contributed by atoms with E-state index in [1.165, 1.54) is 12.8 Å². The number of aryl methyl sites for hydroxylation is 1. The van der Waals surface area contributed by atoms with Gasteiger partial charge in [0.15, 0.2) is 11.4 Å². The molecule has 0 radical (unpaired) electrons. The average molecular weight is 473 g/mol. The summed E-state index contributed by atoms with van der Waals surface area (Å²) in [6.07, 6.45) is 4.14. The molecule has 2 aliphatic heterocycles. The van der Waals surface area contributed by atoms with Crippen LogP contribution in [-0.2, 0) is 30.3 Å². The Morgan fingerprint density at radius 2 is 2.06 bits per heavy atom. The maximum absolute atomic E-state index is 13.7. The molecule has 0 bridgehead atoms. The summed E-state index contributed by atoms with van der Waals surface area (Å²) in [6, 6.07) is 8.19. The van der Waals surface area contributed by atoms with Crippen molar-refractivity contribution in [1.82, 2.24) is 10.2 Å². The molecule has 4 rings (SSSR count). The molecule has 7 heteroatoms. The summed E-state index contributed by atoms with van der Waals surface area (Å²) < 4.78 is 25.0. The molecule has 34 heavy (non-hydrogen) atoms. The molecule has 1 aromatic rings. The Labute approximate surface area is 203 Å². The van der Waals surface area contributed by atoms with E-state index < -0.39 is 11.4 Å². The minimum absolute atomic E-state index is 0.0988. The fourth-order valence-electron chi connectivity index (χ4n) is 5.42. The molecule has 1 saturated carbocycles. The van der Waals surface area contributed by atoms with E-state index in [2.05, 4.69) is 35.9 Å². The lowest BCUT2D eigenvalue weighted by molar-refractivity contribution is -0.180. The smallest absolute Gasteiger partial charge is 0.252 e. The van der Waals surface area contributed by atoms with Crippen LogP contribution in [0.15, 0.2) is 36.9 Å². The van der Waals surface area contributed by atoms with Gasteiger partial charge >= 0.3 is 0 Å². The predicted molar refractivity (Wildman–Crippen MR) is 130 cm³/mol. The Hall–Kier alpha value is -1.77. The number of amides is 1. The lowest BCUT2D eigenvalue weighted by Crippen LogP contribution is -2.60. The Morgan fingerprint density at radius 3 is 2.79 bits per heavy atom. The minimum Gasteiger partial charge on any atom is -0.371 e. The highest BCUT2D eigenvalue weighted by atomic mass is 16.8. The zero-order valence-corrected chi connectivity index (χ0v) is 20.9. The van der Waals surface area contributed by atoms with Gasteiger partial charge in [-0.3, -0.25) is 4.79 Å². The maximum atomic E-state index is 13.7. The van der Waals surface area contributed by atoms with Crippen molar-refractivity contribution in [2.75, 3.05) is 32.8 Å². The van der Waals surface area contributed by atoms with Crippen molar-refractivity contribution in [1.29, 1.82) is 0 Å². The molecular formula is C27H40N2O5. The highest BCUT2D eigenvalue weighted by molar-refractivity contribution is 5.85. The summed E-state index contributed by atoms with van der Waals surface area (Å²) >= 11 is 0. The number of hydrogen-bond donors (Lipinski definition) is 1. The van der Waals surface area contributed by atoms with Crippen molar-refractivity contribution >= 4 is 5.91 Å². The molecule has 188 valence electrons. The molecule has 1 amide bonds. The molecular weight excluding hydrogens is 432 g/mol. The van der Waals surface area contributed by atoms with E-state index in [1.807, 2.05) is 26.0 Å². The van der Waals surface area contributed by atoms with Crippen molar-refractivity contribution < 1.29 is 23.7 Å². The van der Waals surface area contributed by atoms with Crippen molar-refractivity contribution in [2.24, 2.45) is 0 Å². The quantitative estimate of drug-likeness (QED) is 0.527. The number of nitrogens with zero attached hydrogens (tertiary/aromatic N) is 1. The standard InChI is InChI=1S/C27H40N2O5/c1-5-15-31-22-17-27(18-23-24(22)34-26(3,4)33-23,32-19-21-10-8-9-20(2)16-21)25(30)28-11-14-29-12-6-7-13-29/h5,8-10,16,22-24H,1,6-7,11-15,17-19H2,2-4H3,(H,28,30)/t22?,23-,24+,27-/m1/s1. The molecule has 2 saturated heterocycles. The lowest BCUT2D eigenvalue weighted by Gasteiger charge is -2.43. The molecule has 1 N–H and O–H groups in total. The van der Waals surface area contributed by atoms with Crippen LogP contribution in [0.25, 0.3) is 0 Å². The van der Waals surface area contributed by atoms with Gasteiger partial charge in [0.1, 0.15) is 6.10 Å². The van der Waals surface area contributed by atoms with Crippen LogP contribution in [-0.4, -0.2) is 73.3 Å². The molecule has 4 atom stereocenters. The number of benzene rings is 1. The summed E-state index contributed by atoms with van der Waals surface area (Å²) in [5.74, 6) is -0.831. The normalized spacial score (nSPS) is 30.7. The van der Waals surface area contributed by atoms with Gasteiger partial charge in [0.2, 0.25) is 0 Å². The van der Waals surface area contributed by atoms with Crippen molar-refractivity contribution in [3.05, 3.63) is 48.0 Å². The van der Waals surface area contributed by atoms with Gasteiger partial charge in [-0.2, -0.15) is 0 Å². The van der Waals surface area contributed by atoms with Gasteiger partial charge in [-0.25, -0.2) is 0 Å². The van der Waals surface area contributed by atoms with Gasteiger partial charge in [-0.1, -0.05) is 35.9 Å². The maximum Gasteiger partial charge on any atom is 0.252 e. The number of ether oxygens (including phenoxy) is 4. The highest BCUT2D eigenvalue weighted by Gasteiger charge is 2.57. The monoisotopic (exact) mass is 472 g/mol. The zero-order chi connectivity index (χ0) is 24.2. The summed E-state index contributed by atoms with van der Waals surface area (Å²) in [6.45, 7) is 14.0. The van der Waals surface area contributed by atoms with E-state index in [9.17, 15) is 4.79 Å². The second-order valence-electron chi connectivity index (χ2n) is 10.3. The first-order valence-electron chi connectivity index (χ1n) is 12.6. The van der Waals surface area contributed by atoms with E-state index >= 15 is 0 Å². The second-order valence-corrected chi connectivity index (χ2v) is 10.3. The van der Waals surface area contributed by atoms with E-state index in [0.717, 1.165) is 30.8 Å². The Balaban J connectivity index is 1.53. The fourth-order valence-corrected chi connectivity index (χ4v) is 5.42. The SMILES string of the molecule is C=CCOC1C[C@](OCc2cccc(C)c2)(C(=O)NCCN2CCCC2)C[C@H]2OC(C)(C)O[C@@H]12. The number of hydrogen-bond acceptors (Lipinski definition) is 6. The Bertz CT molecular complexity index is 853. The number of fused-ring (bicyclic) bond motifs is 1. The van der Waals surface area contributed by atoms with Crippen LogP contribution in [0.1, 0.15) is 50.7 Å². The first kappa shape index (κ1) is 25.3. The zero-order valence-electron chi connectivity index (χ0n) is 20.9. The van der Waals surface area contributed by atoms with Crippen LogP contribution >= 0.6 is 0 Å². The van der Waals surface area contributed by atoms with Gasteiger partial charge in [0, 0.05) is 25.9 Å². The van der Waals surface area contributed by atoms with Gasteiger partial charge in [-0.15, -0.1) is 6.58 Å². The van der Waals surface area contributed by atoms with E-state index in [4.69, 9.17) is 18.9 Å². The number of nitrogens with one attached hydrogen (secondary N) is 1. The minimum atomic E-state index is -1.06. The van der Waals surface area contributed by atoms with Crippen LogP contribution < -0.4 is 5.32 Å². The van der Waals surface area contributed by atoms with Gasteiger partial charge in [0.05, 0.1) is 25.4 Å². The lowest BCUT2D eigenvalue weighted by atomic mass is 9.78. The molecule has 1 aromatic carbocycles. The van der Waals surface area contributed by atoms with Crippen molar-refractivity contribution in [3.8, 4) is 0 Å². The molecule has 0 spiro atoms. The second kappa shape index (κ2) is 10.9. The Kier molecular flexibility index (Phi) is 8.10. The predicted octanol–water partition coefficient (Wildman–Crippen LogP) is 3.35. The molecule has 0 aromatic heterocycles. The first-order valence-corrected chi connectivity index (χ1v) is 12.6. The number of carbonyl (C=O) groups excluding carboxylic acids is 1. The van der Waals surface area contributed by atoms with Crippen LogP contribution in [0.4, 0.5) is 0 Å². The molecule has 3 aliphatic rings. The topological polar surface area (TPSA) is 69.3 Å². The summed E-state index contributed by atoms with van der Waals surface area (Å²) in [5, 5.41) is 3.17. The van der Waals surface area contributed by atoms with Gasteiger partial charge in [0.25, 0.3) is 5.91 Å². The van der Waals surface area contributed by atoms with Gasteiger partial charge in [-0.05, 0) is 52.3 Å². The van der Waals surface area contributed by atoms with Crippen LogP contribution in [0.3, 0.4) is 0 Å². The molecule has 2 heterocycles. The number of rotatable bonds is 10. The number of carbonyl (C=O) groups is 1. The third-order valence-electron chi connectivity index (χ3n) is 7.00. The van der Waals surface area contributed by atoms with Gasteiger partial charge < -0.3 is 29.2 Å². The van der Waals surface area contributed by atoms with E-state index in [-0.39, 0.29) is 24.2 Å². The van der Waals surface area contributed by atoms with Crippen molar-refractivity contribution in [2.45, 2.75) is 82.8 Å². The summed E-state index contributed by atoms with van der Waals surface area (Å²) in [4.78, 5) is 16.1.